The van der Waals surface area contributed by atoms with E-state index in [9.17, 15) is 9.59 Å². The lowest BCUT2D eigenvalue weighted by atomic mass is 9.82. The maximum Gasteiger partial charge on any atom is 0.240 e. The minimum absolute atomic E-state index is 0.0543. The molecule has 3 rings (SSSR count). The Hall–Kier alpha value is -1.26. The second kappa shape index (κ2) is 5.99. The van der Waals surface area contributed by atoms with Gasteiger partial charge in [0.15, 0.2) is 5.78 Å². The molecule has 0 radical (unpaired) electrons. The molecule has 4 nitrogen and oxygen atoms in total. The van der Waals surface area contributed by atoms with Gasteiger partial charge in [-0.25, -0.2) is 0 Å². The summed E-state index contributed by atoms with van der Waals surface area (Å²) in [4.78, 5) is 26.2. The van der Waals surface area contributed by atoms with Crippen molar-refractivity contribution >= 4 is 34.9 Å². The zero-order valence-corrected chi connectivity index (χ0v) is 14.7. The molecule has 1 saturated heterocycles. The number of nitrogens with zero attached hydrogens (tertiary/aromatic N) is 1. The Morgan fingerprint density at radius 2 is 2.00 bits per heavy atom. The second-order valence-electron chi connectivity index (χ2n) is 6.42. The fourth-order valence-electron chi connectivity index (χ4n) is 3.28. The molecule has 1 fully saturated rings. The number of halogens is 2. The number of rotatable bonds is 1. The van der Waals surface area contributed by atoms with Crippen molar-refractivity contribution < 1.29 is 14.3 Å². The highest BCUT2D eigenvalue weighted by Gasteiger charge is 2.44. The maximum absolute atomic E-state index is 12.5. The third-order valence-corrected chi connectivity index (χ3v) is 5.29. The summed E-state index contributed by atoms with van der Waals surface area (Å²) < 4.78 is 6.20. The standard InChI is InChI=1S/C17H19Cl2NO3/c1-10-7-15-12(8-13(10)19)14(21)9-17(23-15)3-5-20(6-4-17)16(22)11(2)18/h7-8,11H,3-6,9H2,1-2H3. The van der Waals surface area contributed by atoms with E-state index in [0.717, 1.165) is 5.56 Å². The second-order valence-corrected chi connectivity index (χ2v) is 7.49. The SMILES string of the molecule is Cc1cc2c(cc1Cl)C(=O)CC1(CCN(C(=O)C(C)Cl)CC1)O2. The summed E-state index contributed by atoms with van der Waals surface area (Å²) in [5.74, 6) is 0.596. The predicted molar refractivity (Wildman–Crippen MR) is 89.6 cm³/mol. The number of Topliss-reactive ketones (excluding diaryl/α,β-unsaturated/α-hetero) is 1. The third-order valence-electron chi connectivity index (χ3n) is 4.70. The summed E-state index contributed by atoms with van der Waals surface area (Å²) in [6.45, 7) is 4.69. The van der Waals surface area contributed by atoms with Crippen LogP contribution in [-0.4, -0.2) is 40.7 Å². The van der Waals surface area contributed by atoms with Crippen LogP contribution in [0.1, 0.15) is 42.1 Å². The number of carbonyl (C=O) groups is 2. The van der Waals surface area contributed by atoms with E-state index in [-0.39, 0.29) is 11.7 Å². The Morgan fingerprint density at radius 1 is 1.35 bits per heavy atom. The van der Waals surface area contributed by atoms with Crippen LogP contribution in [0.4, 0.5) is 0 Å². The van der Waals surface area contributed by atoms with Gasteiger partial charge in [0.05, 0.1) is 12.0 Å². The molecule has 0 aliphatic carbocycles. The average Bonchev–Trinajstić information content (AvgIpc) is 2.49. The number of hydrogen-bond donors (Lipinski definition) is 0. The summed E-state index contributed by atoms with van der Waals surface area (Å²) in [7, 11) is 0. The molecular formula is C17H19Cl2NO3. The Morgan fingerprint density at radius 3 is 2.61 bits per heavy atom. The number of ketones is 1. The van der Waals surface area contributed by atoms with Crippen LogP contribution in [0, 0.1) is 6.92 Å². The van der Waals surface area contributed by atoms with Gasteiger partial charge in [-0.1, -0.05) is 11.6 Å². The lowest BCUT2D eigenvalue weighted by molar-refractivity contribution is -0.134. The number of amides is 1. The molecule has 1 spiro atoms. The number of benzene rings is 1. The van der Waals surface area contributed by atoms with Gasteiger partial charge in [0.1, 0.15) is 16.7 Å². The number of carbonyl (C=O) groups excluding carboxylic acids is 2. The molecule has 1 atom stereocenters. The Labute approximate surface area is 145 Å². The van der Waals surface area contributed by atoms with Crippen molar-refractivity contribution in [2.24, 2.45) is 0 Å². The van der Waals surface area contributed by atoms with Crippen molar-refractivity contribution in [2.75, 3.05) is 13.1 Å². The van der Waals surface area contributed by atoms with Crippen LogP contribution in [0.5, 0.6) is 5.75 Å². The Bertz CT molecular complexity index is 664. The fourth-order valence-corrected chi connectivity index (χ4v) is 3.58. The van der Waals surface area contributed by atoms with Gasteiger partial charge in [-0.3, -0.25) is 9.59 Å². The van der Waals surface area contributed by atoms with E-state index in [4.69, 9.17) is 27.9 Å². The largest absolute Gasteiger partial charge is 0.486 e. The van der Waals surface area contributed by atoms with E-state index in [1.54, 1.807) is 17.9 Å². The predicted octanol–water partition coefficient (Wildman–Crippen LogP) is 3.60. The van der Waals surface area contributed by atoms with Crippen LogP contribution >= 0.6 is 23.2 Å². The zero-order valence-electron chi connectivity index (χ0n) is 13.2. The summed E-state index contributed by atoms with van der Waals surface area (Å²) >= 11 is 12.0. The normalized spacial score (nSPS) is 20.9. The summed E-state index contributed by atoms with van der Waals surface area (Å²) in [6, 6.07) is 3.52. The highest BCUT2D eigenvalue weighted by molar-refractivity contribution is 6.32. The van der Waals surface area contributed by atoms with Gasteiger partial charge in [-0.2, -0.15) is 0 Å². The molecule has 6 heteroatoms. The lowest BCUT2D eigenvalue weighted by Crippen LogP contribution is -2.53. The third kappa shape index (κ3) is 3.07. The van der Waals surface area contributed by atoms with Crippen LogP contribution in [0.3, 0.4) is 0 Å². The smallest absolute Gasteiger partial charge is 0.240 e. The van der Waals surface area contributed by atoms with Gasteiger partial charge in [0.25, 0.3) is 0 Å². The molecule has 0 bridgehead atoms. The van der Waals surface area contributed by atoms with Crippen molar-refractivity contribution in [1.29, 1.82) is 0 Å². The van der Waals surface area contributed by atoms with Crippen molar-refractivity contribution in [3.8, 4) is 5.75 Å². The van der Waals surface area contributed by atoms with Gasteiger partial charge >= 0.3 is 0 Å². The highest BCUT2D eigenvalue weighted by Crippen LogP contribution is 2.41. The number of alkyl halides is 1. The summed E-state index contributed by atoms with van der Waals surface area (Å²) in [5, 5.41) is 0.0524. The van der Waals surface area contributed by atoms with Crippen LogP contribution in [0.15, 0.2) is 12.1 Å². The number of ether oxygens (including phenoxy) is 1. The molecule has 23 heavy (non-hydrogen) atoms. The molecule has 1 aromatic rings. The lowest BCUT2D eigenvalue weighted by Gasteiger charge is -2.44. The molecule has 2 aliphatic heterocycles. The first-order chi connectivity index (χ1) is 10.8. The highest BCUT2D eigenvalue weighted by atomic mass is 35.5. The van der Waals surface area contributed by atoms with Crippen LogP contribution in [-0.2, 0) is 4.79 Å². The molecule has 2 heterocycles. The van der Waals surface area contributed by atoms with Crippen LogP contribution in [0.25, 0.3) is 0 Å². The van der Waals surface area contributed by atoms with Crippen LogP contribution < -0.4 is 4.74 Å². The number of hydrogen-bond acceptors (Lipinski definition) is 3. The quantitative estimate of drug-likeness (QED) is 0.723. The molecule has 1 amide bonds. The summed E-state index contributed by atoms with van der Waals surface area (Å²) in [5.41, 5.74) is 0.925. The molecule has 0 N–H and O–H groups in total. The number of fused-ring (bicyclic) bond motifs is 1. The van der Waals surface area contributed by atoms with Crippen molar-refractivity contribution in [1.82, 2.24) is 4.90 Å². The molecule has 1 unspecified atom stereocenters. The maximum atomic E-state index is 12.5. The Kier molecular flexibility index (Phi) is 4.32. The zero-order chi connectivity index (χ0) is 16.8. The van der Waals surface area contributed by atoms with E-state index in [1.165, 1.54) is 0 Å². The molecule has 0 aromatic heterocycles. The number of piperidine rings is 1. The first-order valence-electron chi connectivity index (χ1n) is 7.76. The molecule has 0 saturated carbocycles. The van der Waals surface area contributed by atoms with Crippen molar-refractivity contribution in [2.45, 2.75) is 44.1 Å². The van der Waals surface area contributed by atoms with E-state index in [1.807, 2.05) is 13.0 Å². The van der Waals surface area contributed by atoms with Crippen molar-refractivity contribution in [3.63, 3.8) is 0 Å². The first kappa shape index (κ1) is 16.6. The molecule has 2 aliphatic rings. The van der Waals surface area contributed by atoms with Crippen LogP contribution in [0.2, 0.25) is 5.02 Å². The average molecular weight is 356 g/mol. The van der Waals surface area contributed by atoms with E-state index >= 15 is 0 Å². The molecule has 1 aromatic carbocycles. The van der Waals surface area contributed by atoms with Gasteiger partial charge in [0, 0.05) is 31.0 Å². The van der Waals surface area contributed by atoms with E-state index in [0.29, 0.717) is 48.7 Å². The first-order valence-corrected chi connectivity index (χ1v) is 8.58. The minimum atomic E-state index is -0.525. The fraction of sp³-hybridized carbons (Fsp3) is 0.529. The van der Waals surface area contributed by atoms with Gasteiger partial charge in [0.2, 0.25) is 5.91 Å². The van der Waals surface area contributed by atoms with Gasteiger partial charge < -0.3 is 9.64 Å². The molecule has 124 valence electrons. The number of aryl methyl sites for hydroxylation is 1. The van der Waals surface area contributed by atoms with E-state index < -0.39 is 11.0 Å². The topological polar surface area (TPSA) is 46.6 Å². The van der Waals surface area contributed by atoms with Gasteiger partial charge in [-0.05, 0) is 31.5 Å². The number of likely N-dealkylation sites (tertiary alicyclic amines) is 1. The molecular weight excluding hydrogens is 337 g/mol. The minimum Gasteiger partial charge on any atom is -0.486 e. The van der Waals surface area contributed by atoms with Gasteiger partial charge in [-0.15, -0.1) is 11.6 Å². The van der Waals surface area contributed by atoms with E-state index in [2.05, 4.69) is 0 Å². The summed E-state index contributed by atoms with van der Waals surface area (Å²) in [6.07, 6.45) is 1.60. The Balaban J connectivity index is 1.80. The monoisotopic (exact) mass is 355 g/mol. The van der Waals surface area contributed by atoms with Crippen molar-refractivity contribution in [3.05, 3.63) is 28.3 Å².